The molecule has 2 aromatic rings. The number of thiazole rings is 1. The molecule has 8 heteroatoms. The summed E-state index contributed by atoms with van der Waals surface area (Å²) < 4.78 is 13.1. The van der Waals surface area contributed by atoms with Gasteiger partial charge >= 0.3 is 0 Å². The Balaban J connectivity index is 0.00000240. The lowest BCUT2D eigenvalue weighted by atomic mass is 10.1. The highest BCUT2D eigenvalue weighted by molar-refractivity contribution is 14.0. The summed E-state index contributed by atoms with van der Waals surface area (Å²) in [4.78, 5) is 11.9. The van der Waals surface area contributed by atoms with Gasteiger partial charge in [-0.05, 0) is 38.3 Å². The fourth-order valence-corrected chi connectivity index (χ4v) is 4.87. The number of para-hydroxylation sites is 1. The van der Waals surface area contributed by atoms with Crippen LogP contribution >= 0.6 is 35.3 Å². The molecule has 1 aromatic heterocycles. The molecule has 3 heterocycles. The topological polar surface area (TPSA) is 59.0 Å². The molecule has 0 bridgehead atoms. The van der Waals surface area contributed by atoms with Crippen molar-refractivity contribution in [3.8, 4) is 0 Å². The number of aromatic nitrogens is 1. The predicted molar refractivity (Wildman–Crippen MR) is 130 cm³/mol. The lowest BCUT2D eigenvalue weighted by Gasteiger charge is -2.37. The summed E-state index contributed by atoms with van der Waals surface area (Å²) in [6.07, 6.45) is 4.63. The van der Waals surface area contributed by atoms with E-state index in [1.54, 1.807) is 11.3 Å². The number of fused-ring (bicyclic) bond motifs is 1. The third-order valence-corrected chi connectivity index (χ3v) is 6.35. The highest BCUT2D eigenvalue weighted by Gasteiger charge is 2.32. The molecular formula is C21H31IN4O2S. The molecule has 4 rings (SSSR count). The SMILES string of the molecule is CCNC(=NCCCc1nc2ccccc2s1)N1CCOC(C2CCCO2)C1.I. The Labute approximate surface area is 194 Å². The minimum atomic E-state index is 0. The van der Waals surface area contributed by atoms with Crippen molar-refractivity contribution >= 4 is 51.5 Å². The van der Waals surface area contributed by atoms with Crippen molar-refractivity contribution < 1.29 is 9.47 Å². The molecule has 0 amide bonds. The van der Waals surface area contributed by atoms with Gasteiger partial charge in [-0.3, -0.25) is 4.99 Å². The first-order chi connectivity index (χ1) is 13.8. The van der Waals surface area contributed by atoms with Crippen LogP contribution in [-0.4, -0.2) is 67.4 Å². The van der Waals surface area contributed by atoms with Crippen molar-refractivity contribution in [3.05, 3.63) is 29.3 Å². The molecule has 0 spiro atoms. The third-order valence-electron chi connectivity index (χ3n) is 5.26. The van der Waals surface area contributed by atoms with Gasteiger partial charge in [0.1, 0.15) is 6.10 Å². The van der Waals surface area contributed by atoms with Gasteiger partial charge < -0.3 is 19.7 Å². The maximum atomic E-state index is 5.98. The van der Waals surface area contributed by atoms with Crippen molar-refractivity contribution in [1.82, 2.24) is 15.2 Å². The van der Waals surface area contributed by atoms with Crippen molar-refractivity contribution in [2.45, 2.75) is 44.8 Å². The smallest absolute Gasteiger partial charge is 0.194 e. The van der Waals surface area contributed by atoms with Crippen LogP contribution in [0.25, 0.3) is 10.2 Å². The normalized spacial score (nSPS) is 22.7. The fraction of sp³-hybridized carbons (Fsp3) is 0.619. The Morgan fingerprint density at radius 1 is 1.28 bits per heavy atom. The van der Waals surface area contributed by atoms with Gasteiger partial charge in [-0.2, -0.15) is 0 Å². The van der Waals surface area contributed by atoms with Gasteiger partial charge in [0.15, 0.2) is 5.96 Å². The van der Waals surface area contributed by atoms with E-state index in [1.807, 2.05) is 6.07 Å². The molecule has 0 saturated carbocycles. The van der Waals surface area contributed by atoms with Crippen LogP contribution in [-0.2, 0) is 15.9 Å². The van der Waals surface area contributed by atoms with Crippen molar-refractivity contribution in [2.24, 2.45) is 4.99 Å². The van der Waals surface area contributed by atoms with Crippen LogP contribution in [0.1, 0.15) is 31.2 Å². The van der Waals surface area contributed by atoms with Crippen LogP contribution < -0.4 is 5.32 Å². The number of aryl methyl sites for hydroxylation is 1. The molecule has 0 radical (unpaired) electrons. The number of halogens is 1. The number of hydrogen-bond donors (Lipinski definition) is 1. The number of ether oxygens (including phenoxy) is 2. The van der Waals surface area contributed by atoms with Gasteiger partial charge in [0.2, 0.25) is 0 Å². The van der Waals surface area contributed by atoms with Gasteiger partial charge in [0, 0.05) is 39.2 Å². The first-order valence-corrected chi connectivity index (χ1v) is 11.3. The Morgan fingerprint density at radius 3 is 2.93 bits per heavy atom. The summed E-state index contributed by atoms with van der Waals surface area (Å²) in [5.41, 5.74) is 1.10. The maximum Gasteiger partial charge on any atom is 0.194 e. The first-order valence-electron chi connectivity index (χ1n) is 10.4. The second-order valence-electron chi connectivity index (χ2n) is 7.32. The zero-order valence-electron chi connectivity index (χ0n) is 17.0. The number of morpholine rings is 1. The van der Waals surface area contributed by atoms with E-state index >= 15 is 0 Å². The Bertz CT molecular complexity index is 761. The minimum absolute atomic E-state index is 0. The van der Waals surface area contributed by atoms with Crippen LogP contribution in [0.5, 0.6) is 0 Å². The molecule has 1 N–H and O–H groups in total. The second-order valence-corrected chi connectivity index (χ2v) is 8.44. The van der Waals surface area contributed by atoms with E-state index in [1.165, 1.54) is 9.71 Å². The molecule has 1 aromatic carbocycles. The Morgan fingerprint density at radius 2 is 2.14 bits per heavy atom. The zero-order chi connectivity index (χ0) is 19.2. The predicted octanol–water partition coefficient (Wildman–Crippen LogP) is 3.69. The highest BCUT2D eigenvalue weighted by Crippen LogP contribution is 2.23. The molecular weight excluding hydrogens is 499 g/mol. The van der Waals surface area contributed by atoms with Crippen LogP contribution in [0.2, 0.25) is 0 Å². The molecule has 6 nitrogen and oxygen atoms in total. The average molecular weight is 530 g/mol. The van der Waals surface area contributed by atoms with E-state index in [9.17, 15) is 0 Å². The quantitative estimate of drug-likeness (QED) is 0.267. The molecule has 2 saturated heterocycles. The van der Waals surface area contributed by atoms with Gasteiger partial charge in [-0.15, -0.1) is 35.3 Å². The van der Waals surface area contributed by atoms with E-state index in [0.29, 0.717) is 0 Å². The van der Waals surface area contributed by atoms with Gasteiger partial charge in [-0.25, -0.2) is 4.98 Å². The van der Waals surface area contributed by atoms with E-state index in [-0.39, 0.29) is 36.2 Å². The van der Waals surface area contributed by atoms with Crippen LogP contribution in [0.3, 0.4) is 0 Å². The number of rotatable bonds is 6. The molecule has 2 atom stereocenters. The average Bonchev–Trinajstić information content (AvgIpc) is 3.40. The molecule has 160 valence electrons. The van der Waals surface area contributed by atoms with Crippen molar-refractivity contribution in [1.29, 1.82) is 0 Å². The lowest BCUT2D eigenvalue weighted by Crippen LogP contribution is -2.53. The number of nitrogens with zero attached hydrogens (tertiary/aromatic N) is 3. The van der Waals surface area contributed by atoms with Crippen LogP contribution in [0.15, 0.2) is 29.3 Å². The zero-order valence-corrected chi connectivity index (χ0v) is 20.2. The van der Waals surface area contributed by atoms with Gasteiger partial charge in [0.05, 0.1) is 27.9 Å². The van der Waals surface area contributed by atoms with E-state index in [2.05, 4.69) is 35.3 Å². The van der Waals surface area contributed by atoms with Crippen LogP contribution in [0.4, 0.5) is 0 Å². The number of aliphatic imine (C=N–C) groups is 1. The summed E-state index contributed by atoms with van der Waals surface area (Å²) in [6, 6.07) is 8.34. The van der Waals surface area contributed by atoms with E-state index in [4.69, 9.17) is 19.5 Å². The number of benzene rings is 1. The molecule has 2 aliphatic heterocycles. The molecule has 2 fully saturated rings. The number of hydrogen-bond acceptors (Lipinski definition) is 5. The lowest BCUT2D eigenvalue weighted by molar-refractivity contribution is -0.0817. The fourth-order valence-electron chi connectivity index (χ4n) is 3.86. The second kappa shape index (κ2) is 11.4. The summed E-state index contributed by atoms with van der Waals surface area (Å²) in [5.74, 6) is 0.998. The Kier molecular flexibility index (Phi) is 8.95. The van der Waals surface area contributed by atoms with E-state index < -0.39 is 0 Å². The summed E-state index contributed by atoms with van der Waals surface area (Å²) >= 11 is 1.79. The molecule has 2 aliphatic rings. The summed E-state index contributed by atoms with van der Waals surface area (Å²) in [7, 11) is 0. The van der Waals surface area contributed by atoms with Crippen LogP contribution in [0, 0.1) is 0 Å². The number of nitrogens with one attached hydrogen (secondary N) is 1. The summed E-state index contributed by atoms with van der Waals surface area (Å²) in [6.45, 7) is 7.14. The van der Waals surface area contributed by atoms with Crippen molar-refractivity contribution in [3.63, 3.8) is 0 Å². The molecule has 29 heavy (non-hydrogen) atoms. The van der Waals surface area contributed by atoms with Gasteiger partial charge in [0.25, 0.3) is 0 Å². The van der Waals surface area contributed by atoms with Gasteiger partial charge in [-0.1, -0.05) is 12.1 Å². The standard InChI is InChI=1S/C21H30N4O2S.HI/c1-2-22-21(25-12-14-27-18(15-25)17-8-6-13-26-17)23-11-5-10-20-24-16-7-3-4-9-19(16)28-20;/h3-4,7,9,17-18H,2,5-6,8,10-15H2,1H3,(H,22,23);1H. The summed E-state index contributed by atoms with van der Waals surface area (Å²) in [5, 5.41) is 4.65. The molecule has 2 unspecified atom stereocenters. The number of guanidine groups is 1. The maximum absolute atomic E-state index is 5.98. The largest absolute Gasteiger partial charge is 0.375 e. The Hall–Kier alpha value is -0.970. The van der Waals surface area contributed by atoms with E-state index in [0.717, 1.165) is 76.6 Å². The third kappa shape index (κ3) is 6.02. The minimum Gasteiger partial charge on any atom is -0.375 e. The first kappa shape index (κ1) is 22.7. The molecule has 0 aliphatic carbocycles. The van der Waals surface area contributed by atoms with Crippen molar-refractivity contribution in [2.75, 3.05) is 39.4 Å². The monoisotopic (exact) mass is 530 g/mol. The highest BCUT2D eigenvalue weighted by atomic mass is 127.